The minimum atomic E-state index is -0.217. The average molecular weight is 403 g/mol. The number of halogens is 1. The number of hydrazone groups is 1. The fourth-order valence-corrected chi connectivity index (χ4v) is 4.34. The maximum Gasteiger partial charge on any atom is 0.178 e. The predicted octanol–water partition coefficient (Wildman–Crippen LogP) is 3.90. The second-order valence-electron chi connectivity index (χ2n) is 7.76. The van der Waals surface area contributed by atoms with Crippen molar-refractivity contribution in [3.05, 3.63) is 77.4 Å². The highest BCUT2D eigenvalue weighted by atomic mass is 19.1. The maximum absolute atomic E-state index is 13.8. The van der Waals surface area contributed by atoms with Gasteiger partial charge in [-0.3, -0.25) is 9.79 Å². The molecule has 6 nitrogen and oxygen atoms in total. The van der Waals surface area contributed by atoms with Gasteiger partial charge in [0.15, 0.2) is 5.78 Å². The van der Waals surface area contributed by atoms with E-state index < -0.39 is 0 Å². The first-order valence-electron chi connectivity index (χ1n) is 10.2. The van der Waals surface area contributed by atoms with E-state index in [4.69, 9.17) is 5.10 Å². The van der Waals surface area contributed by atoms with E-state index in [0.717, 1.165) is 42.3 Å². The van der Waals surface area contributed by atoms with Gasteiger partial charge in [-0.25, -0.2) is 14.4 Å². The third kappa shape index (κ3) is 3.30. The van der Waals surface area contributed by atoms with E-state index >= 15 is 0 Å². The molecule has 1 unspecified atom stereocenters. The number of carbonyl (C=O) groups is 1. The van der Waals surface area contributed by atoms with Gasteiger partial charge in [0.1, 0.15) is 29.2 Å². The van der Waals surface area contributed by atoms with Crippen molar-refractivity contribution >= 4 is 17.5 Å². The number of rotatable bonds is 3. The van der Waals surface area contributed by atoms with Crippen molar-refractivity contribution in [2.24, 2.45) is 10.1 Å². The fraction of sp³-hybridized carbons (Fsp3) is 0.304. The largest absolute Gasteiger partial charge is 0.348 e. The van der Waals surface area contributed by atoms with Crippen molar-refractivity contribution in [1.29, 1.82) is 0 Å². The zero-order valence-electron chi connectivity index (χ0n) is 16.7. The van der Waals surface area contributed by atoms with Crippen LogP contribution in [0.1, 0.15) is 53.6 Å². The first kappa shape index (κ1) is 18.7. The lowest BCUT2D eigenvalue weighted by atomic mass is 10.0. The number of aromatic nitrogens is 1. The summed E-state index contributed by atoms with van der Waals surface area (Å²) in [5, 5.41) is 6.79. The molecule has 30 heavy (non-hydrogen) atoms. The summed E-state index contributed by atoms with van der Waals surface area (Å²) in [7, 11) is 0. The van der Waals surface area contributed by atoms with Gasteiger partial charge < -0.3 is 4.90 Å². The van der Waals surface area contributed by atoms with Crippen molar-refractivity contribution < 1.29 is 9.18 Å². The number of hydrogen-bond donors (Lipinski definition) is 0. The Morgan fingerprint density at radius 1 is 1.10 bits per heavy atom. The van der Waals surface area contributed by atoms with Crippen molar-refractivity contribution in [1.82, 2.24) is 14.9 Å². The number of hydrogen-bond acceptors (Lipinski definition) is 6. The summed E-state index contributed by atoms with van der Waals surface area (Å²) in [6.45, 7) is 2.92. The zero-order chi connectivity index (χ0) is 20.7. The molecule has 1 saturated heterocycles. The highest BCUT2D eigenvalue weighted by Crippen LogP contribution is 2.35. The molecule has 152 valence electrons. The van der Waals surface area contributed by atoms with Gasteiger partial charge in [0.2, 0.25) is 0 Å². The molecule has 0 radical (unpaired) electrons. The molecule has 2 atom stereocenters. The summed E-state index contributed by atoms with van der Waals surface area (Å²) in [5.74, 6) is 1.36. The Morgan fingerprint density at radius 3 is 2.77 bits per heavy atom. The Labute approximate surface area is 174 Å². The number of benzene rings is 1. The molecule has 2 aromatic rings. The highest BCUT2D eigenvalue weighted by molar-refractivity contribution is 6.06. The fourth-order valence-electron chi connectivity index (χ4n) is 4.34. The Balaban J connectivity index is 1.44. The van der Waals surface area contributed by atoms with E-state index in [1.54, 1.807) is 18.2 Å². The number of aliphatic imine (C=N–C) groups is 1. The van der Waals surface area contributed by atoms with Gasteiger partial charge in [0.05, 0.1) is 18.3 Å². The lowest BCUT2D eigenvalue weighted by Crippen LogP contribution is -2.36. The third-order valence-electron chi connectivity index (χ3n) is 5.80. The van der Waals surface area contributed by atoms with Crippen molar-refractivity contribution in [3.8, 4) is 0 Å². The van der Waals surface area contributed by atoms with Crippen LogP contribution in [0, 0.1) is 5.82 Å². The predicted molar refractivity (Wildman–Crippen MR) is 113 cm³/mol. The summed E-state index contributed by atoms with van der Waals surface area (Å²) in [5.41, 5.74) is 2.20. The molecule has 3 aliphatic heterocycles. The van der Waals surface area contributed by atoms with Gasteiger partial charge in [-0.15, -0.1) is 0 Å². The van der Waals surface area contributed by atoms with Gasteiger partial charge in [0.25, 0.3) is 0 Å². The number of carbonyl (C=O) groups excluding carboxylic acids is 1. The van der Waals surface area contributed by atoms with Crippen LogP contribution in [-0.4, -0.2) is 45.4 Å². The van der Waals surface area contributed by atoms with Gasteiger partial charge in [-0.1, -0.05) is 18.2 Å². The van der Waals surface area contributed by atoms with Gasteiger partial charge >= 0.3 is 0 Å². The molecule has 5 rings (SSSR count). The van der Waals surface area contributed by atoms with E-state index in [9.17, 15) is 9.18 Å². The number of likely N-dealkylation sites (tertiary alicyclic amines) is 1. The number of nitrogens with zero attached hydrogens (tertiary/aromatic N) is 5. The first-order chi connectivity index (χ1) is 14.6. The molecule has 0 bridgehead atoms. The van der Waals surface area contributed by atoms with E-state index in [2.05, 4.69) is 14.9 Å². The van der Waals surface area contributed by atoms with E-state index in [1.165, 1.54) is 13.0 Å². The number of amidine groups is 2. The van der Waals surface area contributed by atoms with Crippen LogP contribution in [0.5, 0.6) is 0 Å². The molecule has 1 aromatic heterocycles. The molecule has 0 aliphatic carbocycles. The van der Waals surface area contributed by atoms with Crippen LogP contribution in [0.25, 0.3) is 0 Å². The molecule has 0 saturated carbocycles. The molecule has 1 aromatic carbocycles. The summed E-state index contributed by atoms with van der Waals surface area (Å²) in [6.07, 6.45) is 5.94. The molecule has 0 N–H and O–H groups in total. The van der Waals surface area contributed by atoms with Gasteiger partial charge in [-0.2, -0.15) is 5.10 Å². The lowest BCUT2D eigenvalue weighted by Gasteiger charge is -2.31. The molecule has 4 heterocycles. The summed E-state index contributed by atoms with van der Waals surface area (Å²) < 4.78 is 13.8. The van der Waals surface area contributed by atoms with E-state index in [0.29, 0.717) is 12.2 Å². The second kappa shape index (κ2) is 7.48. The lowest BCUT2D eigenvalue weighted by molar-refractivity contribution is 0.101. The Bertz CT molecular complexity index is 1090. The quantitative estimate of drug-likeness (QED) is 0.730. The molecular formula is C23H22FN5O. The summed E-state index contributed by atoms with van der Waals surface area (Å²) in [4.78, 5) is 23.1. The normalized spacial score (nSPS) is 22.7. The topological polar surface area (TPSA) is 61.2 Å². The number of pyridine rings is 1. The molecule has 7 heteroatoms. The summed E-state index contributed by atoms with van der Waals surface area (Å²) >= 11 is 0. The van der Waals surface area contributed by atoms with Crippen molar-refractivity contribution in [3.63, 3.8) is 0 Å². The smallest absolute Gasteiger partial charge is 0.178 e. The minimum absolute atomic E-state index is 0.0614. The third-order valence-corrected chi connectivity index (χ3v) is 5.80. The zero-order valence-corrected chi connectivity index (χ0v) is 16.7. The van der Waals surface area contributed by atoms with Crippen molar-refractivity contribution in [2.45, 2.75) is 31.8 Å². The minimum Gasteiger partial charge on any atom is -0.348 e. The van der Waals surface area contributed by atoms with E-state index in [-0.39, 0.29) is 23.7 Å². The molecule has 1 fully saturated rings. The Hall–Kier alpha value is -3.35. The molecule has 0 amide bonds. The highest BCUT2D eigenvalue weighted by Gasteiger charge is 2.35. The van der Waals surface area contributed by atoms with Gasteiger partial charge in [0, 0.05) is 13.5 Å². The van der Waals surface area contributed by atoms with Crippen LogP contribution < -0.4 is 0 Å². The van der Waals surface area contributed by atoms with Crippen LogP contribution in [0.3, 0.4) is 0 Å². The van der Waals surface area contributed by atoms with Crippen molar-refractivity contribution in [2.75, 3.05) is 13.1 Å². The Morgan fingerprint density at radius 2 is 1.93 bits per heavy atom. The maximum atomic E-state index is 13.8. The Kier molecular flexibility index (Phi) is 4.65. The van der Waals surface area contributed by atoms with Crippen LogP contribution in [0.4, 0.5) is 4.39 Å². The second-order valence-corrected chi connectivity index (χ2v) is 7.76. The van der Waals surface area contributed by atoms with Gasteiger partial charge in [-0.05, 0) is 54.8 Å². The number of ketones is 1. The average Bonchev–Trinajstić information content (AvgIpc) is 3.40. The standard InChI is InChI=1S/C23H22FN5O/c1-15(30)18-7-3-8-19(26-18)21-14-25-22-10-11-23(27-29(21)22)28-12-4-9-20(28)16-5-2-6-17(24)13-16/h2-3,5-8,10-11,13,20-21H,4,9,12,14H2,1H3/t20-,21?/m1/s1. The van der Waals surface area contributed by atoms with E-state index in [1.807, 2.05) is 35.4 Å². The van der Waals surface area contributed by atoms with Crippen LogP contribution >= 0.6 is 0 Å². The van der Waals surface area contributed by atoms with Crippen LogP contribution in [0.15, 0.2) is 64.7 Å². The van der Waals surface area contributed by atoms with Crippen LogP contribution in [0.2, 0.25) is 0 Å². The first-order valence-corrected chi connectivity index (χ1v) is 10.2. The molecular weight excluding hydrogens is 381 g/mol. The molecule has 3 aliphatic rings. The SMILES string of the molecule is CC(=O)c1cccc(C2CN=C3C=CC(N4CCC[C@@H]4c4cccc(F)c4)=NN32)n1. The number of fused-ring (bicyclic) bond motifs is 1. The summed E-state index contributed by atoms with van der Waals surface area (Å²) in [6, 6.07) is 12.3. The van der Waals surface area contributed by atoms with Crippen LogP contribution in [-0.2, 0) is 0 Å². The monoisotopic (exact) mass is 403 g/mol. The number of Topliss-reactive ketones (excluding diaryl/α,β-unsaturated/α-hetero) is 1. The molecule has 0 spiro atoms.